The number of benzene rings is 2. The summed E-state index contributed by atoms with van der Waals surface area (Å²) in [5, 5.41) is 13.2. The van der Waals surface area contributed by atoms with Crippen molar-refractivity contribution in [2.75, 3.05) is 11.4 Å². The summed E-state index contributed by atoms with van der Waals surface area (Å²) in [4.78, 5) is 45.7. The van der Waals surface area contributed by atoms with Gasteiger partial charge in [-0.05, 0) is 37.0 Å². The smallest absolute Gasteiger partial charge is 0.330 e. The van der Waals surface area contributed by atoms with Gasteiger partial charge in [0.15, 0.2) is 6.04 Å². The van der Waals surface area contributed by atoms with Crippen molar-refractivity contribution < 1.29 is 14.7 Å². The van der Waals surface area contributed by atoms with Gasteiger partial charge in [0.05, 0.1) is 5.69 Å². The Morgan fingerprint density at radius 3 is 2.58 bits per heavy atom. The number of carbonyl (C=O) groups is 2. The predicted molar refractivity (Wildman–Crippen MR) is 155 cm³/mol. The van der Waals surface area contributed by atoms with Gasteiger partial charge in [-0.1, -0.05) is 73.8 Å². The lowest BCUT2D eigenvalue weighted by Gasteiger charge is -2.29. The van der Waals surface area contributed by atoms with Crippen LogP contribution in [0.4, 0.5) is 5.82 Å². The van der Waals surface area contributed by atoms with Crippen molar-refractivity contribution in [3.63, 3.8) is 0 Å². The predicted octanol–water partition coefficient (Wildman–Crippen LogP) is 4.92. The average molecular weight is 562 g/mol. The summed E-state index contributed by atoms with van der Waals surface area (Å²) >= 11 is 6.06. The topological polar surface area (TPSA) is 109 Å². The number of amides is 1. The molecule has 0 spiro atoms. The normalized spacial score (nSPS) is 15.8. The largest absolute Gasteiger partial charge is 0.479 e. The van der Waals surface area contributed by atoms with Crippen LogP contribution in [-0.2, 0) is 16.1 Å². The van der Waals surface area contributed by atoms with Crippen molar-refractivity contribution in [2.24, 2.45) is 0 Å². The van der Waals surface area contributed by atoms with Gasteiger partial charge in [0.25, 0.3) is 5.56 Å². The van der Waals surface area contributed by atoms with E-state index in [1.54, 1.807) is 59.1 Å². The highest BCUT2D eigenvalue weighted by Gasteiger charge is 2.35. The van der Waals surface area contributed by atoms with Crippen molar-refractivity contribution in [3.8, 4) is 11.3 Å². The summed E-state index contributed by atoms with van der Waals surface area (Å²) in [7, 11) is 0. The molecule has 0 aliphatic carbocycles. The van der Waals surface area contributed by atoms with E-state index in [1.807, 2.05) is 21.6 Å². The highest BCUT2D eigenvalue weighted by Crippen LogP contribution is 2.29. The summed E-state index contributed by atoms with van der Waals surface area (Å²) in [6.07, 6.45) is 5.92. The summed E-state index contributed by atoms with van der Waals surface area (Å²) in [5.41, 5.74) is 1.74. The zero-order chi connectivity index (χ0) is 28.2. The molecule has 2 aromatic heterocycles. The maximum absolute atomic E-state index is 13.5. The van der Waals surface area contributed by atoms with Crippen LogP contribution < -0.4 is 15.8 Å². The van der Waals surface area contributed by atoms with E-state index in [2.05, 4.69) is 12.2 Å². The Balaban J connectivity index is 1.52. The molecule has 0 radical (unpaired) electrons. The molecule has 2 atom stereocenters. The van der Waals surface area contributed by atoms with Crippen LogP contribution in [0, 0.1) is 0 Å². The molecule has 1 aliphatic heterocycles. The average Bonchev–Trinajstić information content (AvgIpc) is 3.62. The molecular weight excluding hydrogens is 530 g/mol. The van der Waals surface area contributed by atoms with Gasteiger partial charge >= 0.3 is 5.97 Å². The van der Waals surface area contributed by atoms with Crippen molar-refractivity contribution in [2.45, 2.75) is 57.7 Å². The molecule has 1 amide bonds. The van der Waals surface area contributed by atoms with Crippen LogP contribution in [-0.4, -0.2) is 43.5 Å². The lowest BCUT2D eigenvalue weighted by molar-refractivity contribution is -0.142. The minimum Gasteiger partial charge on any atom is -0.479 e. The van der Waals surface area contributed by atoms with E-state index < -0.39 is 18.1 Å². The first kappa shape index (κ1) is 27.5. The molecule has 0 saturated carbocycles. The number of carbonyl (C=O) groups excluding carboxylic acids is 1. The number of fused-ring (bicyclic) bond motifs is 1. The number of rotatable bonds is 10. The van der Waals surface area contributed by atoms with Gasteiger partial charge in [-0.25, -0.2) is 9.78 Å². The number of nitrogens with zero attached hydrogens (tertiary/aromatic N) is 4. The molecule has 1 aliphatic rings. The number of nitrogens with one attached hydrogen (secondary N) is 1. The third-order valence-electron chi connectivity index (χ3n) is 7.34. The number of anilines is 1. The number of unbranched alkanes of at least 4 members (excludes halogenated alkanes) is 2. The summed E-state index contributed by atoms with van der Waals surface area (Å²) in [6, 6.07) is 15.7. The molecule has 5 rings (SSSR count). The first-order valence-corrected chi connectivity index (χ1v) is 14.0. The first-order chi connectivity index (χ1) is 19.4. The summed E-state index contributed by atoms with van der Waals surface area (Å²) < 4.78 is 3.55. The van der Waals surface area contributed by atoms with Gasteiger partial charge in [-0.3, -0.25) is 18.6 Å². The number of aliphatic carboxylic acids is 1. The Labute approximate surface area is 237 Å². The molecular formula is C30H32ClN5O4. The molecule has 208 valence electrons. The first-order valence-electron chi connectivity index (χ1n) is 13.6. The van der Waals surface area contributed by atoms with E-state index in [0.29, 0.717) is 47.4 Å². The van der Waals surface area contributed by atoms with Crippen LogP contribution in [0.5, 0.6) is 0 Å². The van der Waals surface area contributed by atoms with Gasteiger partial charge in [-0.15, -0.1) is 0 Å². The summed E-state index contributed by atoms with van der Waals surface area (Å²) in [5.74, 6) is -0.395. The van der Waals surface area contributed by atoms with E-state index in [-0.39, 0.29) is 11.5 Å². The Morgan fingerprint density at radius 2 is 1.88 bits per heavy atom. The molecule has 2 aromatic carbocycles. The molecule has 1 saturated heterocycles. The number of carboxylic acids is 1. The Hall–Kier alpha value is -4.11. The van der Waals surface area contributed by atoms with Crippen molar-refractivity contribution >= 4 is 35.1 Å². The highest BCUT2D eigenvalue weighted by molar-refractivity contribution is 6.30. The number of hydrogen-bond donors (Lipinski definition) is 2. The number of halogens is 1. The lowest BCUT2D eigenvalue weighted by Crippen LogP contribution is -2.47. The van der Waals surface area contributed by atoms with Gasteiger partial charge in [0, 0.05) is 35.9 Å². The van der Waals surface area contributed by atoms with Gasteiger partial charge in [0.1, 0.15) is 11.9 Å². The number of carboxylic acid groups (broad SMARTS) is 1. The second-order valence-corrected chi connectivity index (χ2v) is 10.5. The number of imidazole rings is 1. The van der Waals surface area contributed by atoms with Crippen LogP contribution >= 0.6 is 11.6 Å². The van der Waals surface area contributed by atoms with E-state index in [1.165, 1.54) is 0 Å². The van der Waals surface area contributed by atoms with Crippen LogP contribution in [0.2, 0.25) is 5.02 Å². The molecule has 10 heteroatoms. The second kappa shape index (κ2) is 12.0. The fourth-order valence-corrected chi connectivity index (χ4v) is 5.43. The standard InChI is InChI=1S/C30H32ClN5O4/c1-2-3-7-16-35-25(18-26(37)36-19-23(32-30(35)36)20-12-14-22(31)15-13-20)34-17-8-11-24(34)28(38)33-27(29(39)40)21-9-5-4-6-10-21/h4-6,9-10,12-15,18-19,24,27H,2-3,7-8,11,16-17H2,1H3,(H,33,38)(H,39,40)/t24-,27-/m0/s1. The number of aromatic nitrogens is 3. The zero-order valence-electron chi connectivity index (χ0n) is 22.3. The molecule has 0 bridgehead atoms. The molecule has 0 unspecified atom stereocenters. The zero-order valence-corrected chi connectivity index (χ0v) is 23.1. The van der Waals surface area contributed by atoms with E-state index in [0.717, 1.165) is 31.2 Å². The molecule has 1 fully saturated rings. The Morgan fingerprint density at radius 1 is 1.12 bits per heavy atom. The molecule has 4 aromatic rings. The Kier molecular flexibility index (Phi) is 8.21. The SMILES string of the molecule is CCCCCn1c(N2CCC[C@H]2C(=O)N[C@H](C(=O)O)c2ccccc2)cc(=O)n2cc(-c3ccc(Cl)cc3)nc12. The van der Waals surface area contributed by atoms with Crippen molar-refractivity contribution in [1.29, 1.82) is 0 Å². The van der Waals surface area contributed by atoms with Crippen molar-refractivity contribution in [1.82, 2.24) is 19.3 Å². The van der Waals surface area contributed by atoms with E-state index >= 15 is 0 Å². The highest BCUT2D eigenvalue weighted by atomic mass is 35.5. The number of hydrogen-bond acceptors (Lipinski definition) is 5. The van der Waals surface area contributed by atoms with E-state index in [9.17, 15) is 19.5 Å². The van der Waals surface area contributed by atoms with Crippen LogP contribution in [0.1, 0.15) is 50.6 Å². The van der Waals surface area contributed by atoms with Crippen molar-refractivity contribution in [3.05, 3.63) is 87.8 Å². The molecule has 3 heterocycles. The van der Waals surface area contributed by atoms with Crippen LogP contribution in [0.25, 0.3) is 17.0 Å². The fraction of sp³-hybridized carbons (Fsp3) is 0.333. The molecule has 9 nitrogen and oxygen atoms in total. The second-order valence-electron chi connectivity index (χ2n) is 10.0. The fourth-order valence-electron chi connectivity index (χ4n) is 5.30. The quantitative estimate of drug-likeness (QED) is 0.266. The minimum absolute atomic E-state index is 0.247. The third kappa shape index (κ3) is 5.60. The lowest BCUT2D eigenvalue weighted by atomic mass is 10.1. The Bertz CT molecular complexity index is 1570. The molecule has 2 N–H and O–H groups in total. The van der Waals surface area contributed by atoms with Crippen LogP contribution in [0.15, 0.2) is 71.7 Å². The van der Waals surface area contributed by atoms with Crippen LogP contribution in [0.3, 0.4) is 0 Å². The maximum Gasteiger partial charge on any atom is 0.330 e. The van der Waals surface area contributed by atoms with Gasteiger partial charge in [-0.2, -0.15) is 0 Å². The molecule has 40 heavy (non-hydrogen) atoms. The summed E-state index contributed by atoms with van der Waals surface area (Å²) in [6.45, 7) is 3.31. The van der Waals surface area contributed by atoms with E-state index in [4.69, 9.17) is 16.6 Å². The van der Waals surface area contributed by atoms with Gasteiger partial charge in [0.2, 0.25) is 11.7 Å². The number of aryl methyl sites for hydroxylation is 1. The monoisotopic (exact) mass is 561 g/mol. The van der Waals surface area contributed by atoms with Gasteiger partial charge < -0.3 is 15.3 Å². The third-order valence-corrected chi connectivity index (χ3v) is 7.59. The maximum atomic E-state index is 13.5. The minimum atomic E-state index is -1.17.